The Kier molecular flexibility index (Phi) is 3.62. The van der Waals surface area contributed by atoms with Gasteiger partial charge in [0, 0.05) is 23.2 Å². The molecular weight excluding hydrogens is 276 g/mol. The molecular formula is C13H14N4O2S. The van der Waals surface area contributed by atoms with Gasteiger partial charge in [-0.2, -0.15) is 0 Å². The Morgan fingerprint density at radius 1 is 1.05 bits per heavy atom. The first kappa shape index (κ1) is 13.9. The SMILES string of the molecule is N=Cc1ccc(NS(=O)(=O)c2ccc(N)cc2)cc1N. The largest absolute Gasteiger partial charge is 0.399 e. The third kappa shape index (κ3) is 2.89. The van der Waals surface area contributed by atoms with Crippen LogP contribution in [0.1, 0.15) is 5.56 Å². The van der Waals surface area contributed by atoms with Crippen molar-refractivity contribution in [3.05, 3.63) is 48.0 Å². The molecule has 0 spiro atoms. The fraction of sp³-hybridized carbons (Fsp3) is 0. The van der Waals surface area contributed by atoms with Gasteiger partial charge in [-0.05, 0) is 42.5 Å². The average Bonchev–Trinajstić information content (AvgIpc) is 2.39. The minimum atomic E-state index is -3.68. The standard InChI is InChI=1S/C13H14N4O2S/c14-8-9-1-4-11(7-13(9)16)17-20(18,19)12-5-2-10(15)3-6-12/h1-8,14,17H,15-16H2. The normalized spacial score (nSPS) is 11.0. The maximum atomic E-state index is 12.1. The minimum Gasteiger partial charge on any atom is -0.399 e. The van der Waals surface area contributed by atoms with Gasteiger partial charge in [0.05, 0.1) is 10.6 Å². The van der Waals surface area contributed by atoms with E-state index in [0.29, 0.717) is 22.6 Å². The molecule has 2 aromatic rings. The second-order valence-corrected chi connectivity index (χ2v) is 5.84. The number of nitrogens with one attached hydrogen (secondary N) is 2. The molecule has 0 aromatic heterocycles. The molecule has 0 saturated heterocycles. The van der Waals surface area contributed by atoms with E-state index in [2.05, 4.69) is 4.72 Å². The van der Waals surface area contributed by atoms with Gasteiger partial charge >= 0.3 is 0 Å². The van der Waals surface area contributed by atoms with E-state index in [-0.39, 0.29) is 4.90 Å². The summed E-state index contributed by atoms with van der Waals surface area (Å²) < 4.78 is 26.7. The van der Waals surface area contributed by atoms with Crippen molar-refractivity contribution in [1.29, 1.82) is 5.41 Å². The first-order valence-electron chi connectivity index (χ1n) is 5.71. The molecule has 0 aliphatic heterocycles. The zero-order chi connectivity index (χ0) is 14.8. The molecule has 0 heterocycles. The first-order chi connectivity index (χ1) is 9.42. The summed E-state index contributed by atoms with van der Waals surface area (Å²) in [6.07, 6.45) is 1.10. The lowest BCUT2D eigenvalue weighted by Gasteiger charge is -2.09. The Balaban J connectivity index is 2.30. The summed E-state index contributed by atoms with van der Waals surface area (Å²) in [5.74, 6) is 0. The molecule has 0 atom stereocenters. The Bertz CT molecular complexity index is 739. The van der Waals surface area contributed by atoms with E-state index in [9.17, 15) is 8.42 Å². The van der Waals surface area contributed by atoms with Crippen LogP contribution in [0.15, 0.2) is 47.4 Å². The highest BCUT2D eigenvalue weighted by molar-refractivity contribution is 7.92. The van der Waals surface area contributed by atoms with Crippen LogP contribution in [-0.2, 0) is 10.0 Å². The number of sulfonamides is 1. The summed E-state index contributed by atoms with van der Waals surface area (Å²) in [5.41, 5.74) is 12.9. The summed E-state index contributed by atoms with van der Waals surface area (Å²) in [5, 5.41) is 7.13. The zero-order valence-corrected chi connectivity index (χ0v) is 11.3. The lowest BCUT2D eigenvalue weighted by molar-refractivity contribution is 0.601. The van der Waals surface area contributed by atoms with E-state index in [1.807, 2.05) is 0 Å². The maximum absolute atomic E-state index is 12.1. The van der Waals surface area contributed by atoms with Gasteiger partial charge in [-0.15, -0.1) is 0 Å². The van der Waals surface area contributed by atoms with Crippen molar-refractivity contribution in [2.75, 3.05) is 16.2 Å². The number of nitrogen functional groups attached to an aromatic ring is 2. The number of benzene rings is 2. The second kappa shape index (κ2) is 5.22. The Hall–Kier alpha value is -2.54. The van der Waals surface area contributed by atoms with E-state index >= 15 is 0 Å². The topological polar surface area (TPSA) is 122 Å². The van der Waals surface area contributed by atoms with Crippen LogP contribution in [0.2, 0.25) is 0 Å². The quantitative estimate of drug-likeness (QED) is 0.505. The maximum Gasteiger partial charge on any atom is 0.261 e. The van der Waals surface area contributed by atoms with Gasteiger partial charge in [-0.3, -0.25) is 4.72 Å². The van der Waals surface area contributed by atoms with Crippen LogP contribution in [-0.4, -0.2) is 14.6 Å². The third-order valence-corrected chi connectivity index (χ3v) is 4.08. The van der Waals surface area contributed by atoms with E-state index in [1.165, 1.54) is 30.3 Å². The van der Waals surface area contributed by atoms with Gasteiger partial charge in [-0.25, -0.2) is 8.42 Å². The van der Waals surface area contributed by atoms with E-state index in [1.54, 1.807) is 12.1 Å². The Morgan fingerprint density at radius 3 is 2.25 bits per heavy atom. The molecule has 20 heavy (non-hydrogen) atoms. The molecule has 0 aliphatic rings. The first-order valence-corrected chi connectivity index (χ1v) is 7.19. The molecule has 2 rings (SSSR count). The molecule has 0 radical (unpaired) electrons. The van der Waals surface area contributed by atoms with Crippen molar-refractivity contribution in [2.24, 2.45) is 0 Å². The highest BCUT2D eigenvalue weighted by Gasteiger charge is 2.14. The number of nitrogens with two attached hydrogens (primary N) is 2. The zero-order valence-electron chi connectivity index (χ0n) is 10.5. The second-order valence-electron chi connectivity index (χ2n) is 4.16. The molecule has 0 fully saturated rings. The molecule has 0 saturated carbocycles. The molecule has 104 valence electrons. The lowest BCUT2D eigenvalue weighted by atomic mass is 10.2. The van der Waals surface area contributed by atoms with Crippen LogP contribution in [0.25, 0.3) is 0 Å². The van der Waals surface area contributed by atoms with Crippen LogP contribution < -0.4 is 16.2 Å². The Morgan fingerprint density at radius 2 is 1.70 bits per heavy atom. The van der Waals surface area contributed by atoms with Crippen molar-refractivity contribution < 1.29 is 8.42 Å². The van der Waals surface area contributed by atoms with E-state index < -0.39 is 10.0 Å². The fourth-order valence-corrected chi connectivity index (χ4v) is 2.68. The molecule has 0 bridgehead atoms. The van der Waals surface area contributed by atoms with Crippen LogP contribution in [0.4, 0.5) is 17.1 Å². The van der Waals surface area contributed by atoms with Gasteiger partial charge in [0.2, 0.25) is 0 Å². The number of hydrogen-bond acceptors (Lipinski definition) is 5. The van der Waals surface area contributed by atoms with Crippen LogP contribution >= 0.6 is 0 Å². The summed E-state index contributed by atoms with van der Waals surface area (Å²) in [6, 6.07) is 10.5. The van der Waals surface area contributed by atoms with Crippen molar-refractivity contribution >= 4 is 33.3 Å². The summed E-state index contributed by atoms with van der Waals surface area (Å²) in [4.78, 5) is 0.112. The van der Waals surface area contributed by atoms with E-state index in [0.717, 1.165) is 6.21 Å². The third-order valence-electron chi connectivity index (χ3n) is 2.68. The van der Waals surface area contributed by atoms with Crippen molar-refractivity contribution in [3.63, 3.8) is 0 Å². The summed E-state index contributed by atoms with van der Waals surface area (Å²) >= 11 is 0. The Labute approximate surface area is 117 Å². The van der Waals surface area contributed by atoms with Gasteiger partial charge in [0.1, 0.15) is 0 Å². The molecule has 0 aliphatic carbocycles. The van der Waals surface area contributed by atoms with Crippen LogP contribution in [0.5, 0.6) is 0 Å². The predicted molar refractivity (Wildman–Crippen MR) is 80.4 cm³/mol. The number of hydrogen-bond donors (Lipinski definition) is 4. The van der Waals surface area contributed by atoms with Crippen LogP contribution in [0.3, 0.4) is 0 Å². The van der Waals surface area contributed by atoms with Gasteiger partial charge in [0.15, 0.2) is 0 Å². The van der Waals surface area contributed by atoms with E-state index in [4.69, 9.17) is 16.9 Å². The predicted octanol–water partition coefficient (Wildman–Crippen LogP) is 1.65. The highest BCUT2D eigenvalue weighted by Crippen LogP contribution is 2.20. The van der Waals surface area contributed by atoms with Gasteiger partial charge in [0.25, 0.3) is 10.0 Å². The molecule has 0 unspecified atom stereocenters. The summed E-state index contributed by atoms with van der Waals surface area (Å²) in [7, 11) is -3.68. The van der Waals surface area contributed by atoms with Gasteiger partial charge < -0.3 is 16.9 Å². The van der Waals surface area contributed by atoms with Crippen molar-refractivity contribution in [2.45, 2.75) is 4.90 Å². The highest BCUT2D eigenvalue weighted by atomic mass is 32.2. The summed E-state index contributed by atoms with van der Waals surface area (Å²) in [6.45, 7) is 0. The molecule has 0 amide bonds. The lowest BCUT2D eigenvalue weighted by Crippen LogP contribution is -2.13. The van der Waals surface area contributed by atoms with Crippen molar-refractivity contribution in [1.82, 2.24) is 0 Å². The molecule has 6 N–H and O–H groups in total. The number of anilines is 3. The smallest absolute Gasteiger partial charge is 0.261 e. The monoisotopic (exact) mass is 290 g/mol. The molecule has 2 aromatic carbocycles. The fourth-order valence-electron chi connectivity index (χ4n) is 1.63. The molecule has 7 heteroatoms. The average molecular weight is 290 g/mol. The number of rotatable bonds is 4. The molecule has 6 nitrogen and oxygen atoms in total. The van der Waals surface area contributed by atoms with Gasteiger partial charge in [-0.1, -0.05) is 0 Å². The minimum absolute atomic E-state index is 0.112. The van der Waals surface area contributed by atoms with Crippen LogP contribution in [0, 0.1) is 5.41 Å². The van der Waals surface area contributed by atoms with Crippen molar-refractivity contribution in [3.8, 4) is 0 Å².